The summed E-state index contributed by atoms with van der Waals surface area (Å²) in [6.07, 6.45) is 3.06. The quantitative estimate of drug-likeness (QED) is 0.564. The lowest BCUT2D eigenvalue weighted by Gasteiger charge is -2.36. The average molecular weight is 405 g/mol. The highest BCUT2D eigenvalue weighted by Crippen LogP contribution is 2.21. The molecule has 1 aromatic carbocycles. The molecule has 1 aromatic heterocycles. The normalized spacial score (nSPS) is 14.6. The second-order valence-electron chi connectivity index (χ2n) is 6.24. The van der Waals surface area contributed by atoms with Gasteiger partial charge < -0.3 is 14.5 Å². The number of piperazine rings is 1. The molecule has 7 heteroatoms. The van der Waals surface area contributed by atoms with Crippen molar-refractivity contribution in [1.29, 1.82) is 0 Å². The van der Waals surface area contributed by atoms with E-state index < -0.39 is 5.97 Å². The van der Waals surface area contributed by atoms with Gasteiger partial charge in [-0.25, -0.2) is 4.79 Å². The molecule has 142 valence electrons. The van der Waals surface area contributed by atoms with Gasteiger partial charge in [0.1, 0.15) is 0 Å². The van der Waals surface area contributed by atoms with E-state index in [4.69, 9.17) is 16.3 Å². The summed E-state index contributed by atoms with van der Waals surface area (Å²) >= 11 is 7.63. The van der Waals surface area contributed by atoms with Gasteiger partial charge in [0.25, 0.3) is 5.91 Å². The van der Waals surface area contributed by atoms with Gasteiger partial charge in [0.05, 0.1) is 0 Å². The number of esters is 1. The molecule has 5 nitrogen and oxygen atoms in total. The van der Waals surface area contributed by atoms with Crippen molar-refractivity contribution in [3.63, 3.8) is 0 Å². The first-order valence-electron chi connectivity index (χ1n) is 8.71. The minimum Gasteiger partial charge on any atom is -0.452 e. The Morgan fingerprint density at radius 3 is 2.63 bits per heavy atom. The summed E-state index contributed by atoms with van der Waals surface area (Å²) in [4.78, 5) is 30.1. The molecule has 3 rings (SSSR count). The van der Waals surface area contributed by atoms with Gasteiger partial charge in [0.2, 0.25) is 0 Å². The van der Waals surface area contributed by atoms with Crippen molar-refractivity contribution in [3.8, 4) is 0 Å². The molecule has 0 aliphatic carbocycles. The number of carbonyl (C=O) groups is 2. The van der Waals surface area contributed by atoms with E-state index in [9.17, 15) is 9.59 Å². The van der Waals surface area contributed by atoms with E-state index in [1.807, 2.05) is 43.3 Å². The highest BCUT2D eigenvalue weighted by atomic mass is 35.5. The maximum Gasteiger partial charge on any atom is 0.331 e. The number of thiophene rings is 1. The van der Waals surface area contributed by atoms with Crippen molar-refractivity contribution in [2.24, 2.45) is 0 Å². The minimum absolute atomic E-state index is 0.172. The monoisotopic (exact) mass is 404 g/mol. The third-order valence-corrected chi connectivity index (χ3v) is 5.49. The van der Waals surface area contributed by atoms with Crippen molar-refractivity contribution < 1.29 is 14.3 Å². The number of amides is 1. The van der Waals surface area contributed by atoms with Crippen LogP contribution in [0.3, 0.4) is 0 Å². The SMILES string of the molecule is Cc1ccc(/C=C/C(=O)OCC(=O)N2CCN(c3cccc(Cl)c3)CC2)s1. The Kier molecular flexibility index (Phi) is 6.53. The summed E-state index contributed by atoms with van der Waals surface area (Å²) in [6.45, 7) is 4.39. The van der Waals surface area contributed by atoms with Crippen LogP contribution in [0, 0.1) is 6.92 Å². The molecular weight excluding hydrogens is 384 g/mol. The third-order valence-electron chi connectivity index (χ3n) is 4.29. The van der Waals surface area contributed by atoms with Gasteiger partial charge in [-0.15, -0.1) is 11.3 Å². The molecule has 0 atom stereocenters. The van der Waals surface area contributed by atoms with Crippen molar-refractivity contribution >= 4 is 46.6 Å². The molecule has 2 heterocycles. The first-order valence-corrected chi connectivity index (χ1v) is 9.90. The number of benzene rings is 1. The zero-order chi connectivity index (χ0) is 19.2. The molecule has 0 bridgehead atoms. The summed E-state index contributed by atoms with van der Waals surface area (Å²) in [5, 5.41) is 0.698. The number of nitrogens with zero attached hydrogens (tertiary/aromatic N) is 2. The van der Waals surface area contributed by atoms with Crippen LogP contribution in [0.25, 0.3) is 6.08 Å². The molecule has 1 fully saturated rings. The molecule has 0 spiro atoms. The Balaban J connectivity index is 1.43. The van der Waals surface area contributed by atoms with Gasteiger partial charge >= 0.3 is 5.97 Å². The second-order valence-corrected chi connectivity index (χ2v) is 7.99. The van der Waals surface area contributed by atoms with Crippen LogP contribution in [0.2, 0.25) is 5.02 Å². The van der Waals surface area contributed by atoms with Crippen molar-refractivity contribution in [3.05, 3.63) is 57.3 Å². The van der Waals surface area contributed by atoms with Gasteiger partial charge in [-0.3, -0.25) is 4.79 Å². The van der Waals surface area contributed by atoms with E-state index in [2.05, 4.69) is 4.90 Å². The van der Waals surface area contributed by atoms with Gasteiger partial charge in [-0.05, 0) is 43.3 Å². The molecular formula is C20H21ClN2O3S. The van der Waals surface area contributed by atoms with Crippen molar-refractivity contribution in [2.45, 2.75) is 6.92 Å². The van der Waals surface area contributed by atoms with Crippen LogP contribution in [-0.4, -0.2) is 49.6 Å². The average Bonchev–Trinajstić information content (AvgIpc) is 3.10. The second kappa shape index (κ2) is 9.06. The maximum atomic E-state index is 12.3. The van der Waals surface area contributed by atoms with E-state index >= 15 is 0 Å². The summed E-state index contributed by atoms with van der Waals surface area (Å²) in [6, 6.07) is 11.6. The maximum absolute atomic E-state index is 12.3. The Labute approximate surface area is 167 Å². The Bertz CT molecular complexity index is 841. The molecule has 1 amide bonds. The van der Waals surface area contributed by atoms with Crippen molar-refractivity contribution in [2.75, 3.05) is 37.7 Å². The van der Waals surface area contributed by atoms with E-state index in [1.54, 1.807) is 22.3 Å². The van der Waals surface area contributed by atoms with E-state index in [0.29, 0.717) is 18.1 Å². The smallest absolute Gasteiger partial charge is 0.331 e. The predicted octanol–water partition coefficient (Wildman–Crippen LogP) is 3.62. The lowest BCUT2D eigenvalue weighted by molar-refractivity contribution is -0.148. The summed E-state index contributed by atoms with van der Waals surface area (Å²) in [7, 11) is 0. The van der Waals surface area contributed by atoms with E-state index in [0.717, 1.165) is 23.7 Å². The van der Waals surface area contributed by atoms with E-state index in [-0.39, 0.29) is 12.5 Å². The topological polar surface area (TPSA) is 49.9 Å². The lowest BCUT2D eigenvalue weighted by Crippen LogP contribution is -2.49. The molecule has 0 radical (unpaired) electrons. The van der Waals surface area contributed by atoms with Gasteiger partial charge in [-0.1, -0.05) is 17.7 Å². The Hall–Kier alpha value is -2.31. The van der Waals surface area contributed by atoms with Crippen LogP contribution >= 0.6 is 22.9 Å². The summed E-state index contributed by atoms with van der Waals surface area (Å²) in [5.74, 6) is -0.679. The molecule has 27 heavy (non-hydrogen) atoms. The van der Waals surface area contributed by atoms with Gasteiger partial charge in [0.15, 0.2) is 6.61 Å². The van der Waals surface area contributed by atoms with Gasteiger partial charge in [-0.2, -0.15) is 0 Å². The zero-order valence-corrected chi connectivity index (χ0v) is 16.6. The number of hydrogen-bond donors (Lipinski definition) is 0. The lowest BCUT2D eigenvalue weighted by atomic mass is 10.2. The number of ether oxygens (including phenoxy) is 1. The van der Waals surface area contributed by atoms with Crippen LogP contribution in [0.1, 0.15) is 9.75 Å². The highest BCUT2D eigenvalue weighted by molar-refractivity contribution is 7.12. The first kappa shape index (κ1) is 19.5. The largest absolute Gasteiger partial charge is 0.452 e. The first-order chi connectivity index (χ1) is 13.0. The fourth-order valence-corrected chi connectivity index (χ4v) is 3.82. The van der Waals surface area contributed by atoms with E-state index in [1.165, 1.54) is 11.0 Å². The highest BCUT2D eigenvalue weighted by Gasteiger charge is 2.22. The minimum atomic E-state index is -0.507. The van der Waals surface area contributed by atoms with Crippen LogP contribution in [0.5, 0.6) is 0 Å². The Morgan fingerprint density at radius 1 is 1.19 bits per heavy atom. The molecule has 0 unspecified atom stereocenters. The number of halogens is 1. The predicted molar refractivity (Wildman–Crippen MR) is 109 cm³/mol. The zero-order valence-electron chi connectivity index (χ0n) is 15.1. The number of carbonyl (C=O) groups excluding carboxylic acids is 2. The molecule has 0 saturated carbocycles. The van der Waals surface area contributed by atoms with Crippen LogP contribution in [0.4, 0.5) is 5.69 Å². The fourth-order valence-electron chi connectivity index (χ4n) is 2.85. The number of anilines is 1. The van der Waals surface area contributed by atoms with Gasteiger partial charge in [0, 0.05) is 52.7 Å². The molecule has 1 saturated heterocycles. The number of aryl methyl sites for hydroxylation is 1. The number of rotatable bonds is 5. The summed E-state index contributed by atoms with van der Waals surface area (Å²) in [5.41, 5.74) is 1.05. The van der Waals surface area contributed by atoms with Crippen LogP contribution in [-0.2, 0) is 14.3 Å². The molecule has 1 aliphatic rings. The third kappa shape index (κ3) is 5.58. The molecule has 1 aliphatic heterocycles. The fraction of sp³-hybridized carbons (Fsp3) is 0.300. The molecule has 2 aromatic rings. The number of hydrogen-bond acceptors (Lipinski definition) is 5. The standard InChI is InChI=1S/C20H21ClN2O3S/c1-15-5-6-18(27-15)7-8-20(25)26-14-19(24)23-11-9-22(10-12-23)17-4-2-3-16(21)13-17/h2-8,13H,9-12,14H2,1H3/b8-7+. The Morgan fingerprint density at radius 2 is 1.96 bits per heavy atom. The van der Waals surface area contributed by atoms with Crippen LogP contribution in [0.15, 0.2) is 42.5 Å². The molecule has 0 N–H and O–H groups in total. The van der Waals surface area contributed by atoms with Crippen molar-refractivity contribution in [1.82, 2.24) is 4.90 Å². The summed E-state index contributed by atoms with van der Waals surface area (Å²) < 4.78 is 5.07. The van der Waals surface area contributed by atoms with Crippen LogP contribution < -0.4 is 4.90 Å².